The van der Waals surface area contributed by atoms with Crippen molar-refractivity contribution in [2.75, 3.05) is 5.32 Å². The minimum absolute atomic E-state index is 0.176. The molecule has 0 bridgehead atoms. The van der Waals surface area contributed by atoms with Crippen LogP contribution in [0.5, 0.6) is 0 Å². The van der Waals surface area contributed by atoms with E-state index >= 15 is 0 Å². The number of nitrogens with one attached hydrogen (secondary N) is 1. The van der Waals surface area contributed by atoms with Crippen molar-refractivity contribution in [1.82, 2.24) is 0 Å². The molecule has 7 heteroatoms. The summed E-state index contributed by atoms with van der Waals surface area (Å²) in [5.41, 5.74) is 2.07. The topological polar surface area (TPSA) is 25.2 Å². The van der Waals surface area contributed by atoms with Crippen LogP contribution in [0.2, 0.25) is 0 Å². The number of furan rings is 1. The van der Waals surface area contributed by atoms with E-state index in [1.807, 2.05) is 19.1 Å². The fraction of sp³-hybridized carbons (Fsp3) is 0.286. The molecule has 2 rings (SSSR count). The molecular formula is C14H13Br2F2NOS. The molecule has 0 unspecified atom stereocenters. The average Bonchev–Trinajstić information content (AvgIpc) is 2.83. The molecule has 0 amide bonds. The summed E-state index contributed by atoms with van der Waals surface area (Å²) in [5.74, 6) is -0.940. The maximum absolute atomic E-state index is 12.1. The smallest absolute Gasteiger partial charge is 0.284 e. The fourth-order valence-electron chi connectivity index (χ4n) is 1.78. The summed E-state index contributed by atoms with van der Waals surface area (Å²) in [5, 5.41) is 3.26. The zero-order valence-corrected chi connectivity index (χ0v) is 15.1. The van der Waals surface area contributed by atoms with E-state index in [4.69, 9.17) is 4.42 Å². The van der Waals surface area contributed by atoms with Crippen molar-refractivity contribution in [3.63, 3.8) is 0 Å². The van der Waals surface area contributed by atoms with Gasteiger partial charge in [0.25, 0.3) is 5.76 Å². The Morgan fingerprint density at radius 3 is 2.43 bits per heavy atom. The molecule has 0 saturated heterocycles. The number of alkyl halides is 2. The molecule has 1 N–H and O–H groups in total. The third-order valence-corrected chi connectivity index (χ3v) is 4.65. The Labute approximate surface area is 142 Å². The van der Waals surface area contributed by atoms with Crippen molar-refractivity contribution in [3.05, 3.63) is 50.3 Å². The van der Waals surface area contributed by atoms with Crippen LogP contribution in [0.15, 0.2) is 37.6 Å². The van der Waals surface area contributed by atoms with E-state index in [0.717, 1.165) is 20.2 Å². The zero-order valence-electron chi connectivity index (χ0n) is 11.1. The molecule has 21 heavy (non-hydrogen) atoms. The van der Waals surface area contributed by atoms with Gasteiger partial charge in [0.1, 0.15) is 11.5 Å². The van der Waals surface area contributed by atoms with Crippen LogP contribution in [-0.2, 0) is 12.3 Å². The molecule has 0 aliphatic rings. The van der Waals surface area contributed by atoms with Crippen molar-refractivity contribution in [2.24, 2.45) is 0 Å². The highest BCUT2D eigenvalue weighted by atomic mass is 79.9. The van der Waals surface area contributed by atoms with E-state index < -0.39 is 5.76 Å². The molecule has 1 aromatic carbocycles. The molecular weight excluding hydrogens is 428 g/mol. The predicted molar refractivity (Wildman–Crippen MR) is 89.9 cm³/mol. The first-order valence-corrected chi connectivity index (χ1v) is 8.76. The first kappa shape index (κ1) is 16.8. The van der Waals surface area contributed by atoms with Crippen molar-refractivity contribution in [3.8, 4) is 0 Å². The first-order valence-electron chi connectivity index (χ1n) is 6.12. The van der Waals surface area contributed by atoms with Crippen LogP contribution in [0.3, 0.4) is 0 Å². The Kier molecular flexibility index (Phi) is 6.13. The highest BCUT2D eigenvalue weighted by Crippen LogP contribution is 2.32. The molecule has 0 radical (unpaired) electrons. The molecule has 2 nitrogen and oxygen atoms in total. The number of rotatable bonds is 6. The van der Waals surface area contributed by atoms with Gasteiger partial charge in [0, 0.05) is 8.95 Å². The predicted octanol–water partition coefficient (Wildman–Crippen LogP) is 6.18. The first-order chi connectivity index (χ1) is 9.95. The summed E-state index contributed by atoms with van der Waals surface area (Å²) < 4.78 is 31.7. The second-order valence-corrected chi connectivity index (χ2v) is 7.08. The van der Waals surface area contributed by atoms with Crippen LogP contribution in [-0.4, -0.2) is 5.76 Å². The lowest BCUT2D eigenvalue weighted by molar-refractivity contribution is 0.251. The summed E-state index contributed by atoms with van der Waals surface area (Å²) in [6.07, 6.45) is 0. The molecule has 0 aliphatic carbocycles. The van der Waals surface area contributed by atoms with Gasteiger partial charge in [-0.2, -0.15) is 8.78 Å². The summed E-state index contributed by atoms with van der Waals surface area (Å²) >= 11 is 7.57. The standard InChI is InChI=1S/C14H13Br2F2NOS/c1-8-4-11(15)13(12(16)5-8)19-6-9-2-3-10(20-9)7-21-14(17)18/h2-5,14,19H,6-7H2,1H3. The quantitative estimate of drug-likeness (QED) is 0.580. The number of halogens is 4. The monoisotopic (exact) mass is 439 g/mol. The van der Waals surface area contributed by atoms with Crippen LogP contribution in [0, 0.1) is 6.92 Å². The van der Waals surface area contributed by atoms with Crippen LogP contribution in [0.4, 0.5) is 14.5 Å². The number of hydrogen-bond acceptors (Lipinski definition) is 3. The molecule has 0 fully saturated rings. The third-order valence-electron chi connectivity index (χ3n) is 2.69. The van der Waals surface area contributed by atoms with Gasteiger partial charge < -0.3 is 9.73 Å². The Balaban J connectivity index is 1.97. The van der Waals surface area contributed by atoms with Gasteiger partial charge in [-0.05, 0) is 68.6 Å². The normalized spacial score (nSPS) is 11.1. The number of aryl methyl sites for hydroxylation is 1. The fourth-order valence-corrected chi connectivity index (χ4v) is 3.93. The number of anilines is 1. The maximum atomic E-state index is 12.1. The van der Waals surface area contributed by atoms with Gasteiger partial charge in [-0.3, -0.25) is 0 Å². The van der Waals surface area contributed by atoms with Crippen molar-refractivity contribution >= 4 is 49.3 Å². The molecule has 0 spiro atoms. The number of hydrogen-bond donors (Lipinski definition) is 1. The largest absolute Gasteiger partial charge is 0.463 e. The molecule has 0 saturated carbocycles. The molecule has 0 atom stereocenters. The lowest BCUT2D eigenvalue weighted by Gasteiger charge is -2.10. The van der Waals surface area contributed by atoms with Crippen LogP contribution >= 0.6 is 43.6 Å². The third kappa shape index (κ3) is 5.00. The van der Waals surface area contributed by atoms with Gasteiger partial charge in [0.05, 0.1) is 18.0 Å². The van der Waals surface area contributed by atoms with Crippen molar-refractivity contribution in [2.45, 2.75) is 25.0 Å². The average molecular weight is 441 g/mol. The molecule has 0 aliphatic heterocycles. The Hall–Kier alpha value is -0.530. The van der Waals surface area contributed by atoms with E-state index in [0.29, 0.717) is 29.8 Å². The second-order valence-electron chi connectivity index (χ2n) is 4.40. The van der Waals surface area contributed by atoms with E-state index in [1.165, 1.54) is 0 Å². The SMILES string of the molecule is Cc1cc(Br)c(NCc2ccc(CSC(F)F)o2)c(Br)c1. The minimum atomic E-state index is -2.38. The van der Waals surface area contributed by atoms with E-state index in [2.05, 4.69) is 37.2 Å². The highest BCUT2D eigenvalue weighted by molar-refractivity contribution is 9.11. The number of thioether (sulfide) groups is 1. The van der Waals surface area contributed by atoms with Gasteiger partial charge in [0.2, 0.25) is 0 Å². The van der Waals surface area contributed by atoms with Gasteiger partial charge >= 0.3 is 0 Å². The lowest BCUT2D eigenvalue weighted by Crippen LogP contribution is -2.00. The van der Waals surface area contributed by atoms with Crippen molar-refractivity contribution < 1.29 is 13.2 Å². The van der Waals surface area contributed by atoms with Crippen molar-refractivity contribution in [1.29, 1.82) is 0 Å². The second kappa shape index (κ2) is 7.65. The van der Waals surface area contributed by atoms with E-state index in [-0.39, 0.29) is 5.75 Å². The van der Waals surface area contributed by atoms with Crippen LogP contribution in [0.25, 0.3) is 0 Å². The highest BCUT2D eigenvalue weighted by Gasteiger charge is 2.09. The summed E-state index contributed by atoms with van der Waals surface area (Å²) in [4.78, 5) is 0. The Morgan fingerprint density at radius 1 is 1.19 bits per heavy atom. The summed E-state index contributed by atoms with van der Waals surface area (Å²) in [6, 6.07) is 7.55. The summed E-state index contributed by atoms with van der Waals surface area (Å²) in [7, 11) is 0. The molecule has 2 aromatic rings. The lowest BCUT2D eigenvalue weighted by atomic mass is 10.2. The minimum Gasteiger partial charge on any atom is -0.463 e. The Bertz CT molecular complexity index is 596. The van der Waals surface area contributed by atoms with Gasteiger partial charge in [-0.1, -0.05) is 11.8 Å². The van der Waals surface area contributed by atoms with Crippen LogP contribution in [0.1, 0.15) is 17.1 Å². The van der Waals surface area contributed by atoms with Gasteiger partial charge in [-0.15, -0.1) is 0 Å². The van der Waals surface area contributed by atoms with E-state index in [9.17, 15) is 8.78 Å². The van der Waals surface area contributed by atoms with E-state index in [1.54, 1.807) is 12.1 Å². The molecule has 114 valence electrons. The van der Waals surface area contributed by atoms with Gasteiger partial charge in [0.15, 0.2) is 0 Å². The molecule has 1 heterocycles. The Morgan fingerprint density at radius 2 is 1.81 bits per heavy atom. The zero-order chi connectivity index (χ0) is 15.4. The number of benzene rings is 1. The van der Waals surface area contributed by atoms with Gasteiger partial charge in [-0.25, -0.2) is 0 Å². The maximum Gasteiger partial charge on any atom is 0.284 e. The van der Waals surface area contributed by atoms with Crippen LogP contribution < -0.4 is 5.32 Å². The summed E-state index contributed by atoms with van der Waals surface area (Å²) in [6.45, 7) is 2.50. The molecule has 1 aromatic heterocycles.